The third-order valence-electron chi connectivity index (χ3n) is 4.28. The minimum Gasteiger partial charge on any atom is -0.291 e. The Bertz CT molecular complexity index is 1230. The maximum absolute atomic E-state index is 13.2. The highest BCUT2D eigenvalue weighted by atomic mass is 32.2. The molecule has 10 heteroatoms. The van der Waals surface area contributed by atoms with E-state index in [1.54, 1.807) is 15.2 Å². The van der Waals surface area contributed by atoms with Gasteiger partial charge in [-0.25, -0.2) is 0 Å². The molecule has 0 spiro atoms. The molecule has 2 heterocycles. The molecule has 2 aromatic carbocycles. The Hall–Kier alpha value is -2.59. The van der Waals surface area contributed by atoms with Crippen LogP contribution >= 0.6 is 23.1 Å². The lowest BCUT2D eigenvalue weighted by atomic mass is 10.2. The molecule has 0 aliphatic rings. The number of nitrogens with zero attached hydrogens (tertiary/aromatic N) is 4. The maximum Gasteiger partial charge on any atom is 0.416 e. The second-order valence-electron chi connectivity index (χ2n) is 6.14. The van der Waals surface area contributed by atoms with Crippen molar-refractivity contribution < 1.29 is 13.2 Å². The van der Waals surface area contributed by atoms with Crippen LogP contribution in [-0.2, 0) is 12.7 Å². The van der Waals surface area contributed by atoms with Gasteiger partial charge in [-0.15, -0.1) is 10.2 Å². The number of benzene rings is 2. The van der Waals surface area contributed by atoms with Gasteiger partial charge in [-0.1, -0.05) is 48.2 Å². The lowest BCUT2D eigenvalue weighted by Gasteiger charge is -2.13. The first kappa shape index (κ1) is 19.7. The van der Waals surface area contributed by atoms with Crippen molar-refractivity contribution in [3.63, 3.8) is 0 Å². The number of alkyl halides is 3. The maximum atomic E-state index is 13.2. The number of halogens is 3. The number of thioether (sulfide) groups is 1. The molecule has 0 saturated carbocycles. The van der Waals surface area contributed by atoms with Gasteiger partial charge < -0.3 is 0 Å². The van der Waals surface area contributed by atoms with Gasteiger partial charge in [-0.3, -0.25) is 13.9 Å². The van der Waals surface area contributed by atoms with E-state index in [0.717, 1.165) is 33.7 Å². The van der Waals surface area contributed by atoms with Gasteiger partial charge in [0.15, 0.2) is 11.0 Å². The molecule has 0 unspecified atom stereocenters. The average Bonchev–Trinajstić information content (AvgIpc) is 3.23. The first-order valence-corrected chi connectivity index (χ1v) is 10.5. The number of thiazole rings is 1. The Morgan fingerprint density at radius 3 is 2.66 bits per heavy atom. The van der Waals surface area contributed by atoms with Gasteiger partial charge in [0, 0.05) is 0 Å². The van der Waals surface area contributed by atoms with Crippen molar-refractivity contribution in [1.29, 1.82) is 0 Å². The highest BCUT2D eigenvalue weighted by molar-refractivity contribution is 7.99. The van der Waals surface area contributed by atoms with Crippen LogP contribution in [0.3, 0.4) is 0 Å². The minimum atomic E-state index is -4.46. The first-order chi connectivity index (χ1) is 13.9. The SMILES string of the molecule is CCSc1nnc(Cn2c(=O)sc3ccccc32)n1-c1cccc(C(F)(F)F)c1. The molecule has 2 aromatic heterocycles. The van der Waals surface area contributed by atoms with Gasteiger partial charge in [0.1, 0.15) is 0 Å². The first-order valence-electron chi connectivity index (χ1n) is 8.71. The largest absolute Gasteiger partial charge is 0.416 e. The highest BCUT2D eigenvalue weighted by Gasteiger charge is 2.31. The average molecular weight is 436 g/mol. The quantitative estimate of drug-likeness (QED) is 0.421. The van der Waals surface area contributed by atoms with Crippen LogP contribution in [0, 0.1) is 0 Å². The molecule has 5 nitrogen and oxygen atoms in total. The van der Waals surface area contributed by atoms with Gasteiger partial charge in [0.2, 0.25) is 0 Å². The van der Waals surface area contributed by atoms with E-state index in [9.17, 15) is 18.0 Å². The number of hydrogen-bond donors (Lipinski definition) is 0. The molecule has 0 aliphatic heterocycles. The van der Waals surface area contributed by atoms with Crippen LogP contribution in [0.25, 0.3) is 15.9 Å². The minimum absolute atomic E-state index is 0.108. The van der Waals surface area contributed by atoms with Crippen molar-refractivity contribution in [3.8, 4) is 5.69 Å². The molecule has 0 amide bonds. The molecule has 4 rings (SSSR count). The van der Waals surface area contributed by atoms with E-state index >= 15 is 0 Å². The summed E-state index contributed by atoms with van der Waals surface area (Å²) in [6.45, 7) is 2.03. The predicted molar refractivity (Wildman–Crippen MR) is 108 cm³/mol. The molecule has 0 radical (unpaired) electrons. The van der Waals surface area contributed by atoms with Crippen LogP contribution in [0.2, 0.25) is 0 Å². The van der Waals surface area contributed by atoms with E-state index in [0.29, 0.717) is 22.4 Å². The van der Waals surface area contributed by atoms with E-state index in [1.807, 2.05) is 31.2 Å². The monoisotopic (exact) mass is 436 g/mol. The van der Waals surface area contributed by atoms with Crippen LogP contribution < -0.4 is 4.87 Å². The number of para-hydroxylation sites is 1. The Labute approximate surface area is 171 Å². The fraction of sp³-hybridized carbons (Fsp3) is 0.211. The summed E-state index contributed by atoms with van der Waals surface area (Å²) < 4.78 is 43.6. The lowest BCUT2D eigenvalue weighted by Crippen LogP contribution is -2.17. The molecule has 150 valence electrons. The van der Waals surface area contributed by atoms with Crippen molar-refractivity contribution in [2.24, 2.45) is 0 Å². The van der Waals surface area contributed by atoms with Crippen molar-refractivity contribution in [3.05, 3.63) is 69.6 Å². The standard InChI is InChI=1S/C19H15F3N4OS2/c1-2-28-17-24-23-16(11-25-14-8-3-4-9-15(14)29-18(25)27)26(17)13-7-5-6-12(10-13)19(20,21)22/h3-10H,2,11H2,1H3. The third-order valence-corrected chi connectivity index (χ3v) is 6.05. The zero-order chi connectivity index (χ0) is 20.6. The molecular formula is C19H15F3N4OS2. The van der Waals surface area contributed by atoms with Gasteiger partial charge in [-0.05, 0) is 36.1 Å². The van der Waals surface area contributed by atoms with Crippen LogP contribution in [0.1, 0.15) is 18.3 Å². The number of aromatic nitrogens is 4. The van der Waals surface area contributed by atoms with Gasteiger partial charge in [-0.2, -0.15) is 13.2 Å². The van der Waals surface area contributed by atoms with Crippen LogP contribution in [-0.4, -0.2) is 25.1 Å². The van der Waals surface area contributed by atoms with E-state index in [2.05, 4.69) is 10.2 Å². The van der Waals surface area contributed by atoms with E-state index in [4.69, 9.17) is 0 Å². The molecular weight excluding hydrogens is 421 g/mol. The number of hydrogen-bond acceptors (Lipinski definition) is 5. The molecule has 0 bridgehead atoms. The summed E-state index contributed by atoms with van der Waals surface area (Å²) in [6.07, 6.45) is -4.46. The van der Waals surface area contributed by atoms with E-state index < -0.39 is 11.7 Å². The Kier molecular flexibility index (Phi) is 5.22. The molecule has 4 aromatic rings. The third kappa shape index (κ3) is 3.82. The molecule has 0 atom stereocenters. The topological polar surface area (TPSA) is 52.7 Å². The van der Waals surface area contributed by atoms with Crippen molar-refractivity contribution in [1.82, 2.24) is 19.3 Å². The Morgan fingerprint density at radius 2 is 1.90 bits per heavy atom. The lowest BCUT2D eigenvalue weighted by molar-refractivity contribution is -0.137. The Balaban J connectivity index is 1.84. The van der Waals surface area contributed by atoms with Crippen molar-refractivity contribution in [2.75, 3.05) is 5.75 Å². The smallest absolute Gasteiger partial charge is 0.291 e. The fourth-order valence-corrected chi connectivity index (χ4v) is 4.60. The summed E-state index contributed by atoms with van der Waals surface area (Å²) in [4.78, 5) is 12.3. The summed E-state index contributed by atoms with van der Waals surface area (Å²) in [6, 6.07) is 12.4. The molecule has 0 saturated heterocycles. The predicted octanol–water partition coefficient (Wildman–Crippen LogP) is 4.82. The highest BCUT2D eigenvalue weighted by Crippen LogP contribution is 2.32. The number of rotatable bonds is 5. The second kappa shape index (κ2) is 7.68. The molecule has 29 heavy (non-hydrogen) atoms. The molecule has 0 N–H and O–H groups in total. The Morgan fingerprint density at radius 1 is 1.10 bits per heavy atom. The number of fused-ring (bicyclic) bond motifs is 1. The zero-order valence-corrected chi connectivity index (χ0v) is 16.8. The molecule has 0 aliphatic carbocycles. The van der Waals surface area contributed by atoms with E-state index in [-0.39, 0.29) is 11.4 Å². The van der Waals surface area contributed by atoms with Crippen LogP contribution in [0.5, 0.6) is 0 Å². The summed E-state index contributed by atoms with van der Waals surface area (Å²) >= 11 is 2.49. The van der Waals surface area contributed by atoms with Gasteiger partial charge in [0.25, 0.3) is 0 Å². The summed E-state index contributed by atoms with van der Waals surface area (Å²) in [5, 5.41) is 8.81. The summed E-state index contributed by atoms with van der Waals surface area (Å²) in [5.74, 6) is 1.07. The van der Waals surface area contributed by atoms with Gasteiger partial charge in [0.05, 0.1) is 28.0 Å². The summed E-state index contributed by atoms with van der Waals surface area (Å²) in [5.41, 5.74) is 0.314. The van der Waals surface area contributed by atoms with Gasteiger partial charge >= 0.3 is 11.0 Å². The zero-order valence-electron chi connectivity index (χ0n) is 15.2. The van der Waals surface area contributed by atoms with Crippen molar-refractivity contribution >= 4 is 33.3 Å². The fourth-order valence-electron chi connectivity index (χ4n) is 3.01. The molecule has 0 fully saturated rings. The normalized spacial score (nSPS) is 12.0. The second-order valence-corrected chi connectivity index (χ2v) is 8.36. The van der Waals surface area contributed by atoms with Crippen LogP contribution in [0.4, 0.5) is 13.2 Å². The summed E-state index contributed by atoms with van der Waals surface area (Å²) in [7, 11) is 0. The van der Waals surface area contributed by atoms with Crippen molar-refractivity contribution in [2.45, 2.75) is 24.8 Å². The van der Waals surface area contributed by atoms with E-state index in [1.165, 1.54) is 17.8 Å². The van der Waals surface area contributed by atoms with Crippen LogP contribution in [0.15, 0.2) is 58.5 Å².